The van der Waals surface area contributed by atoms with Crippen molar-refractivity contribution in [1.82, 2.24) is 24.6 Å². The van der Waals surface area contributed by atoms with Crippen LogP contribution in [0.2, 0.25) is 0 Å². The first-order valence-corrected chi connectivity index (χ1v) is 15.3. The molecule has 16 heteroatoms. The van der Waals surface area contributed by atoms with E-state index in [0.29, 0.717) is 64.0 Å². The average Bonchev–Trinajstić information content (AvgIpc) is 3.75. The van der Waals surface area contributed by atoms with Gasteiger partial charge in [0, 0.05) is 36.6 Å². The number of nitrogens with two attached hydrogens (primary N) is 2. The second-order valence-corrected chi connectivity index (χ2v) is 12.2. The second kappa shape index (κ2) is 10.9. The highest BCUT2D eigenvalue weighted by Gasteiger charge is 2.26. The summed E-state index contributed by atoms with van der Waals surface area (Å²) in [6, 6.07) is 1.53. The van der Waals surface area contributed by atoms with E-state index in [1.165, 1.54) is 35.1 Å². The number of hydrogen-bond donors (Lipinski definition) is 4. The number of ether oxygens (including phenoxy) is 1. The van der Waals surface area contributed by atoms with Crippen LogP contribution in [-0.4, -0.2) is 68.9 Å². The molecule has 5 aromatic rings. The van der Waals surface area contributed by atoms with Crippen LogP contribution in [0.5, 0.6) is 0 Å². The van der Waals surface area contributed by atoms with Crippen molar-refractivity contribution in [2.75, 3.05) is 41.8 Å². The van der Waals surface area contributed by atoms with E-state index in [1.807, 2.05) is 10.3 Å². The lowest BCUT2D eigenvalue weighted by molar-refractivity contribution is 0.100. The van der Waals surface area contributed by atoms with Crippen molar-refractivity contribution in [3.05, 3.63) is 39.8 Å². The maximum absolute atomic E-state index is 12.9. The molecule has 6 heterocycles. The van der Waals surface area contributed by atoms with Crippen LogP contribution in [0.3, 0.4) is 0 Å². The van der Waals surface area contributed by atoms with Gasteiger partial charge in [-0.3, -0.25) is 14.0 Å². The predicted molar refractivity (Wildman–Crippen MR) is 161 cm³/mol. The summed E-state index contributed by atoms with van der Waals surface area (Å²) in [5.41, 5.74) is 13.6. The third-order valence-corrected chi connectivity index (χ3v) is 9.49. The van der Waals surface area contributed by atoms with Gasteiger partial charge in [0.05, 0.1) is 25.0 Å². The topological polar surface area (TPSA) is 192 Å². The van der Waals surface area contributed by atoms with Crippen LogP contribution >= 0.6 is 22.7 Å². The van der Waals surface area contributed by atoms with E-state index in [4.69, 9.17) is 25.6 Å². The van der Waals surface area contributed by atoms with Gasteiger partial charge in [0.15, 0.2) is 22.9 Å². The molecular formula is C26H28N10O4S2. The number of carbonyl (C=O) groups excluding carboxylic acids is 1. The fourth-order valence-electron chi connectivity index (χ4n) is 5.40. The third-order valence-electron chi connectivity index (χ3n) is 7.57. The van der Waals surface area contributed by atoms with Crippen molar-refractivity contribution >= 4 is 67.2 Å². The minimum absolute atomic E-state index is 0.0167. The summed E-state index contributed by atoms with van der Waals surface area (Å²) >= 11 is 2.65. The van der Waals surface area contributed by atoms with Gasteiger partial charge in [-0.25, -0.2) is 4.98 Å². The molecule has 7 rings (SSSR count). The minimum atomic E-state index is -0.699. The monoisotopic (exact) mass is 608 g/mol. The zero-order valence-corrected chi connectivity index (χ0v) is 24.0. The molecule has 0 aromatic carbocycles. The lowest BCUT2D eigenvalue weighted by Crippen LogP contribution is -2.43. The molecule has 2 atom stereocenters. The second-order valence-electron chi connectivity index (χ2n) is 10.3. The molecule has 1 aliphatic carbocycles. The zero-order chi connectivity index (χ0) is 28.8. The van der Waals surface area contributed by atoms with E-state index < -0.39 is 5.91 Å². The number of aromatic nitrogens is 5. The molecule has 218 valence electrons. The Morgan fingerprint density at radius 3 is 2.83 bits per heavy atom. The lowest BCUT2D eigenvalue weighted by Gasteiger charge is -2.30. The molecule has 6 N–H and O–H groups in total. The highest BCUT2D eigenvalue weighted by molar-refractivity contribution is 7.20. The van der Waals surface area contributed by atoms with E-state index in [0.717, 1.165) is 25.7 Å². The number of primary amides is 1. The van der Waals surface area contributed by atoms with Crippen LogP contribution in [0.4, 0.5) is 22.7 Å². The molecule has 0 bridgehead atoms. The van der Waals surface area contributed by atoms with Crippen molar-refractivity contribution < 1.29 is 13.9 Å². The molecule has 1 aliphatic heterocycles. The van der Waals surface area contributed by atoms with Gasteiger partial charge in [-0.1, -0.05) is 24.2 Å². The molecule has 14 nitrogen and oxygen atoms in total. The van der Waals surface area contributed by atoms with Crippen LogP contribution in [0.25, 0.3) is 26.5 Å². The first kappa shape index (κ1) is 26.8. The summed E-state index contributed by atoms with van der Waals surface area (Å²) < 4.78 is 13.8. The summed E-state index contributed by atoms with van der Waals surface area (Å²) in [5.74, 6) is 0.493. The highest BCUT2D eigenvalue weighted by Crippen LogP contribution is 2.39. The van der Waals surface area contributed by atoms with Gasteiger partial charge < -0.3 is 36.2 Å². The number of fused-ring (bicyclic) bond motifs is 2. The van der Waals surface area contributed by atoms with Gasteiger partial charge in [0.25, 0.3) is 5.91 Å². The highest BCUT2D eigenvalue weighted by atomic mass is 32.1. The number of morpholine rings is 1. The molecule has 1 saturated heterocycles. The first-order chi connectivity index (χ1) is 20.5. The molecular weight excluding hydrogens is 580 g/mol. The number of carbonyl (C=O) groups is 1. The molecule has 2 aliphatic rings. The summed E-state index contributed by atoms with van der Waals surface area (Å²) in [6.07, 6.45) is 7.10. The SMILES string of the molecule is NC(=O)c1c(Nc2cnc(-c3csc4c(=O)cc(N5CCOCC5)oc34)s2)nc(N[C@H]2CCCC[C@H]2N)n2cnnc12. The quantitative estimate of drug-likeness (QED) is 0.212. The molecule has 0 radical (unpaired) electrons. The van der Waals surface area contributed by atoms with Crippen molar-refractivity contribution in [2.45, 2.75) is 37.8 Å². The number of nitrogens with one attached hydrogen (secondary N) is 2. The molecule has 2 fully saturated rings. The van der Waals surface area contributed by atoms with E-state index in [9.17, 15) is 9.59 Å². The van der Waals surface area contributed by atoms with Crippen molar-refractivity contribution in [3.8, 4) is 10.6 Å². The van der Waals surface area contributed by atoms with Crippen LogP contribution in [0, 0.1) is 0 Å². The fraction of sp³-hybridized carbons (Fsp3) is 0.385. The molecule has 1 saturated carbocycles. The van der Waals surface area contributed by atoms with E-state index in [-0.39, 0.29) is 34.5 Å². The summed E-state index contributed by atoms with van der Waals surface area (Å²) in [5, 5.41) is 17.9. The maximum Gasteiger partial charge on any atom is 0.256 e. The first-order valence-electron chi connectivity index (χ1n) is 13.6. The standard InChI is InChI=1S/C26H28N10O4S2/c27-14-3-1-2-4-15(14)31-26-33-23(19(22(28)38)24-34-30-12-36(24)26)32-17-10-29-25(42-17)13-11-41-21-16(37)9-18(40-20(13)21)35-5-7-39-8-6-35/h9-12,14-15,32H,1-8,27H2,(H2,28,38)(H,31,33)/t14-,15+/m1/s1. The Balaban J connectivity index is 1.23. The minimum Gasteiger partial charge on any atom is -0.439 e. The number of thiazole rings is 1. The maximum atomic E-state index is 12.9. The summed E-state index contributed by atoms with van der Waals surface area (Å²) in [6.45, 7) is 2.45. The average molecular weight is 609 g/mol. The fourth-order valence-corrected chi connectivity index (χ4v) is 7.19. The zero-order valence-electron chi connectivity index (χ0n) is 22.4. The Kier molecular flexibility index (Phi) is 6.97. The smallest absolute Gasteiger partial charge is 0.256 e. The Morgan fingerprint density at radius 2 is 2.02 bits per heavy atom. The normalized spacial score (nSPS) is 19.4. The number of thiophene rings is 1. The van der Waals surface area contributed by atoms with Crippen LogP contribution in [-0.2, 0) is 4.74 Å². The summed E-state index contributed by atoms with van der Waals surface area (Å²) in [4.78, 5) is 36.8. The van der Waals surface area contributed by atoms with E-state index in [2.05, 4.69) is 25.8 Å². The van der Waals surface area contributed by atoms with E-state index >= 15 is 0 Å². The van der Waals surface area contributed by atoms with Crippen LogP contribution in [0.1, 0.15) is 36.0 Å². The molecule has 5 aromatic heterocycles. The van der Waals surface area contributed by atoms with Gasteiger partial charge in [-0.15, -0.1) is 21.5 Å². The number of rotatable bonds is 7. The van der Waals surface area contributed by atoms with E-state index in [1.54, 1.807) is 10.6 Å². The van der Waals surface area contributed by atoms with Crippen molar-refractivity contribution in [2.24, 2.45) is 11.5 Å². The third kappa shape index (κ3) is 4.85. The van der Waals surface area contributed by atoms with Gasteiger partial charge >= 0.3 is 0 Å². The van der Waals surface area contributed by atoms with Gasteiger partial charge in [0.1, 0.15) is 26.6 Å². The number of amides is 1. The predicted octanol–water partition coefficient (Wildman–Crippen LogP) is 2.78. The largest absolute Gasteiger partial charge is 0.439 e. The number of anilines is 4. The van der Waals surface area contributed by atoms with Gasteiger partial charge in [-0.2, -0.15) is 4.98 Å². The molecule has 42 heavy (non-hydrogen) atoms. The van der Waals surface area contributed by atoms with Gasteiger partial charge in [0.2, 0.25) is 11.4 Å². The number of nitrogens with zero attached hydrogens (tertiary/aromatic N) is 6. The van der Waals surface area contributed by atoms with Crippen LogP contribution < -0.4 is 32.4 Å². The molecule has 0 spiro atoms. The Bertz CT molecular complexity index is 1840. The molecule has 0 unspecified atom stereocenters. The van der Waals surface area contributed by atoms with Gasteiger partial charge in [-0.05, 0) is 12.8 Å². The number of hydrogen-bond acceptors (Lipinski definition) is 14. The van der Waals surface area contributed by atoms with Crippen molar-refractivity contribution in [1.29, 1.82) is 0 Å². The lowest BCUT2D eigenvalue weighted by atomic mass is 9.91. The summed E-state index contributed by atoms with van der Waals surface area (Å²) in [7, 11) is 0. The molecule has 1 amide bonds. The Morgan fingerprint density at radius 1 is 1.19 bits per heavy atom. The van der Waals surface area contributed by atoms with Crippen LogP contribution in [0.15, 0.2) is 33.2 Å². The Labute approximate surface area is 246 Å². The Hall–Kier alpha value is -4.12. The van der Waals surface area contributed by atoms with Crippen molar-refractivity contribution in [3.63, 3.8) is 0 Å².